The van der Waals surface area contributed by atoms with Crippen LogP contribution in [0.25, 0.3) is 0 Å². The van der Waals surface area contributed by atoms with E-state index in [0.717, 1.165) is 10.0 Å². The van der Waals surface area contributed by atoms with Gasteiger partial charge in [-0.05, 0) is 42.8 Å². The summed E-state index contributed by atoms with van der Waals surface area (Å²) in [6, 6.07) is 11.3. The monoisotopic (exact) mass is 388 g/mol. The number of nitrogens with one attached hydrogen (secondary N) is 1. The zero-order valence-corrected chi connectivity index (χ0v) is 14.3. The fraction of sp³-hybridized carbons (Fsp3) is 0.143. The van der Waals surface area contributed by atoms with Gasteiger partial charge in [-0.2, -0.15) is 0 Å². The predicted molar refractivity (Wildman–Crippen MR) is 88.7 cm³/mol. The molecule has 2 aromatic carbocycles. The van der Waals surface area contributed by atoms with Gasteiger partial charge in [0.2, 0.25) is 10.0 Å². The van der Waals surface area contributed by atoms with Gasteiger partial charge in [-0.3, -0.25) is 0 Å². The second-order valence-corrected chi connectivity index (χ2v) is 7.61. The number of rotatable bonds is 4. The smallest absolute Gasteiger partial charge is 0.243 e. The Morgan fingerprint density at radius 1 is 1.19 bits per heavy atom. The van der Waals surface area contributed by atoms with Gasteiger partial charge in [-0.1, -0.05) is 39.7 Å². The standard InChI is InChI=1S/C14H14BrClN2O2S/c1-9(10-2-4-11(15)5-3-10)18-21(19,20)14-7-6-12(16)8-13(14)17/h2-9,18H,17H2,1H3/t9-/m1/s1. The molecule has 0 unspecified atom stereocenters. The first-order valence-corrected chi connectivity index (χ1v) is 8.78. The van der Waals surface area contributed by atoms with Gasteiger partial charge in [0, 0.05) is 15.5 Å². The lowest BCUT2D eigenvalue weighted by Crippen LogP contribution is -2.27. The fourth-order valence-electron chi connectivity index (χ4n) is 1.88. The van der Waals surface area contributed by atoms with E-state index in [-0.39, 0.29) is 16.6 Å². The summed E-state index contributed by atoms with van der Waals surface area (Å²) in [5.41, 5.74) is 6.71. The molecular weight excluding hydrogens is 376 g/mol. The van der Waals surface area contributed by atoms with Crippen molar-refractivity contribution in [1.82, 2.24) is 4.72 Å². The van der Waals surface area contributed by atoms with E-state index in [0.29, 0.717) is 5.02 Å². The van der Waals surface area contributed by atoms with E-state index in [9.17, 15) is 8.42 Å². The van der Waals surface area contributed by atoms with Crippen LogP contribution in [0.5, 0.6) is 0 Å². The molecule has 0 aliphatic heterocycles. The average molecular weight is 390 g/mol. The van der Waals surface area contributed by atoms with Gasteiger partial charge in [0.1, 0.15) is 4.90 Å². The molecule has 0 fully saturated rings. The van der Waals surface area contributed by atoms with Crippen LogP contribution in [0.1, 0.15) is 18.5 Å². The maximum absolute atomic E-state index is 12.4. The Kier molecular flexibility index (Phi) is 4.93. The molecule has 2 rings (SSSR count). The molecule has 7 heteroatoms. The summed E-state index contributed by atoms with van der Waals surface area (Å²) in [7, 11) is -3.71. The van der Waals surface area contributed by atoms with Crippen LogP contribution in [0.15, 0.2) is 51.8 Å². The highest BCUT2D eigenvalue weighted by Gasteiger charge is 2.20. The minimum atomic E-state index is -3.71. The number of nitrogens with two attached hydrogens (primary N) is 1. The van der Waals surface area contributed by atoms with Gasteiger partial charge in [0.15, 0.2) is 0 Å². The molecule has 21 heavy (non-hydrogen) atoms. The van der Waals surface area contributed by atoms with Crippen molar-refractivity contribution < 1.29 is 8.42 Å². The molecular formula is C14H14BrClN2O2S. The van der Waals surface area contributed by atoms with E-state index < -0.39 is 10.0 Å². The number of hydrogen-bond donors (Lipinski definition) is 2. The largest absolute Gasteiger partial charge is 0.398 e. The Labute approximate surface area is 137 Å². The van der Waals surface area contributed by atoms with Crippen LogP contribution in [0.2, 0.25) is 5.02 Å². The van der Waals surface area contributed by atoms with Crippen molar-refractivity contribution in [1.29, 1.82) is 0 Å². The third kappa shape index (κ3) is 3.97. The minimum absolute atomic E-state index is 0.0239. The summed E-state index contributed by atoms with van der Waals surface area (Å²) in [5.74, 6) is 0. The maximum atomic E-state index is 12.4. The Balaban J connectivity index is 2.26. The van der Waals surface area contributed by atoms with Crippen LogP contribution in [-0.2, 0) is 10.0 Å². The maximum Gasteiger partial charge on any atom is 0.243 e. The molecule has 112 valence electrons. The molecule has 3 N–H and O–H groups in total. The number of halogens is 2. The zero-order chi connectivity index (χ0) is 15.6. The van der Waals surface area contributed by atoms with Crippen molar-refractivity contribution in [2.75, 3.05) is 5.73 Å². The van der Waals surface area contributed by atoms with Crippen molar-refractivity contribution in [2.24, 2.45) is 0 Å². The van der Waals surface area contributed by atoms with Crippen LogP contribution in [-0.4, -0.2) is 8.42 Å². The molecule has 0 aliphatic carbocycles. The number of sulfonamides is 1. The van der Waals surface area contributed by atoms with Crippen molar-refractivity contribution in [3.8, 4) is 0 Å². The first-order valence-electron chi connectivity index (χ1n) is 6.12. The van der Waals surface area contributed by atoms with Crippen LogP contribution in [0.4, 0.5) is 5.69 Å². The summed E-state index contributed by atoms with van der Waals surface area (Å²) in [5, 5.41) is 0.396. The quantitative estimate of drug-likeness (QED) is 0.783. The topological polar surface area (TPSA) is 72.2 Å². The molecule has 2 aromatic rings. The van der Waals surface area contributed by atoms with E-state index in [2.05, 4.69) is 20.7 Å². The molecule has 1 atom stereocenters. The summed E-state index contributed by atoms with van der Waals surface area (Å²) >= 11 is 9.13. The summed E-state index contributed by atoms with van der Waals surface area (Å²) < 4.78 is 28.3. The van der Waals surface area contributed by atoms with Crippen LogP contribution in [0, 0.1) is 0 Å². The third-order valence-electron chi connectivity index (χ3n) is 2.96. The molecule has 0 saturated heterocycles. The molecule has 0 spiro atoms. The number of nitrogen functional groups attached to an aromatic ring is 1. The van der Waals surface area contributed by atoms with Gasteiger partial charge in [0.25, 0.3) is 0 Å². The molecule has 0 heterocycles. The highest BCUT2D eigenvalue weighted by molar-refractivity contribution is 9.10. The fourth-order valence-corrected chi connectivity index (χ4v) is 3.67. The highest BCUT2D eigenvalue weighted by atomic mass is 79.9. The predicted octanol–water partition coefficient (Wildman–Crippen LogP) is 3.72. The molecule has 0 aliphatic rings. The van der Waals surface area contributed by atoms with E-state index >= 15 is 0 Å². The SMILES string of the molecule is C[C@@H](NS(=O)(=O)c1ccc(Cl)cc1N)c1ccc(Br)cc1. The van der Waals surface area contributed by atoms with Crippen LogP contribution in [0.3, 0.4) is 0 Å². The van der Waals surface area contributed by atoms with Crippen molar-refractivity contribution >= 4 is 43.2 Å². The second kappa shape index (κ2) is 6.36. The van der Waals surface area contributed by atoms with Gasteiger partial charge in [-0.15, -0.1) is 0 Å². The zero-order valence-electron chi connectivity index (χ0n) is 11.2. The summed E-state index contributed by atoms with van der Waals surface area (Å²) in [6.45, 7) is 1.77. The van der Waals surface area contributed by atoms with E-state index in [4.69, 9.17) is 17.3 Å². The molecule has 0 saturated carbocycles. The van der Waals surface area contributed by atoms with Gasteiger partial charge < -0.3 is 5.73 Å². The van der Waals surface area contributed by atoms with E-state index in [1.54, 1.807) is 6.92 Å². The number of benzene rings is 2. The first kappa shape index (κ1) is 16.3. The molecule has 0 aromatic heterocycles. The lowest BCUT2D eigenvalue weighted by atomic mass is 10.1. The van der Waals surface area contributed by atoms with Gasteiger partial charge >= 0.3 is 0 Å². The Morgan fingerprint density at radius 3 is 2.38 bits per heavy atom. The molecule has 0 amide bonds. The number of hydrogen-bond acceptors (Lipinski definition) is 3. The molecule has 0 radical (unpaired) electrons. The van der Waals surface area contributed by atoms with Gasteiger partial charge in [-0.25, -0.2) is 13.1 Å². The van der Waals surface area contributed by atoms with Crippen molar-refractivity contribution in [3.05, 3.63) is 57.5 Å². The van der Waals surface area contributed by atoms with E-state index in [1.807, 2.05) is 24.3 Å². The summed E-state index contributed by atoms with van der Waals surface area (Å²) in [6.07, 6.45) is 0. The molecule has 0 bridgehead atoms. The normalized spacial score (nSPS) is 13.1. The van der Waals surface area contributed by atoms with Crippen LogP contribution < -0.4 is 10.5 Å². The second-order valence-electron chi connectivity index (χ2n) is 4.58. The summed E-state index contributed by atoms with van der Waals surface area (Å²) in [4.78, 5) is 0.0239. The average Bonchev–Trinajstić information content (AvgIpc) is 2.38. The lowest BCUT2D eigenvalue weighted by Gasteiger charge is -2.16. The Morgan fingerprint density at radius 2 is 1.81 bits per heavy atom. The third-order valence-corrected chi connectivity index (χ3v) is 5.34. The lowest BCUT2D eigenvalue weighted by molar-refractivity contribution is 0.567. The Hall–Kier alpha value is -1.08. The van der Waals surface area contributed by atoms with Crippen molar-refractivity contribution in [3.63, 3.8) is 0 Å². The first-order chi connectivity index (χ1) is 9.79. The highest BCUT2D eigenvalue weighted by Crippen LogP contribution is 2.24. The Bertz CT molecular complexity index is 748. The van der Waals surface area contributed by atoms with Crippen molar-refractivity contribution in [2.45, 2.75) is 17.9 Å². The molecule has 4 nitrogen and oxygen atoms in total. The van der Waals surface area contributed by atoms with Gasteiger partial charge in [0.05, 0.1) is 5.69 Å². The van der Waals surface area contributed by atoms with Crippen LogP contribution >= 0.6 is 27.5 Å². The number of anilines is 1. The van der Waals surface area contributed by atoms with E-state index in [1.165, 1.54) is 18.2 Å². The minimum Gasteiger partial charge on any atom is -0.398 e.